The zero-order chi connectivity index (χ0) is 13.4. The number of aryl methyl sites for hydroxylation is 1. The molecule has 1 rings (SSSR count). The van der Waals surface area contributed by atoms with E-state index in [1.165, 1.54) is 0 Å². The lowest BCUT2D eigenvalue weighted by Gasteiger charge is -2.12. The minimum absolute atomic E-state index is 0.215. The van der Waals surface area contributed by atoms with Gasteiger partial charge in [0.2, 0.25) is 5.91 Å². The Bertz CT molecular complexity index is 409. The molecule has 0 aliphatic heterocycles. The molecule has 1 aromatic rings. The minimum Gasteiger partial charge on any atom is -0.480 e. The first-order valence-corrected chi connectivity index (χ1v) is 5.79. The molecule has 0 saturated carbocycles. The van der Waals surface area contributed by atoms with Crippen LogP contribution in [0.3, 0.4) is 0 Å². The summed E-state index contributed by atoms with van der Waals surface area (Å²) in [5.41, 5.74) is 0. The lowest BCUT2D eigenvalue weighted by molar-refractivity contribution is -0.141. The summed E-state index contributed by atoms with van der Waals surface area (Å²) in [6, 6.07) is 2.66. The van der Waals surface area contributed by atoms with Gasteiger partial charge in [0.1, 0.15) is 11.8 Å². The summed E-state index contributed by atoms with van der Waals surface area (Å²) >= 11 is 0. The molecule has 0 fully saturated rings. The summed E-state index contributed by atoms with van der Waals surface area (Å²) in [6.07, 6.45) is 5.98. The number of allylic oxidation sites excluding steroid dienone is 1. The molecule has 0 radical (unpaired) electrons. The van der Waals surface area contributed by atoms with E-state index in [4.69, 9.17) is 9.52 Å². The van der Waals surface area contributed by atoms with Gasteiger partial charge in [0, 0.05) is 12.8 Å². The van der Waals surface area contributed by atoms with Crippen LogP contribution in [-0.4, -0.2) is 23.0 Å². The minimum atomic E-state index is -1.03. The first-order valence-electron chi connectivity index (χ1n) is 5.79. The van der Waals surface area contributed by atoms with Crippen molar-refractivity contribution < 1.29 is 19.1 Å². The molecule has 5 nitrogen and oxygen atoms in total. The van der Waals surface area contributed by atoms with Gasteiger partial charge in [0.05, 0.1) is 6.26 Å². The standard InChI is InChI=1S/C13H17NO4/c1-2-3-6-11(13(16)17)14-12(15)8-7-10-5-4-9-18-10/h2-5,9,11H,6-8H2,1H3,(H,14,15)(H,16,17)/b3-2+. The maximum absolute atomic E-state index is 11.6. The molecule has 1 amide bonds. The Hall–Kier alpha value is -2.04. The van der Waals surface area contributed by atoms with Gasteiger partial charge in [-0.05, 0) is 25.5 Å². The molecule has 0 bridgehead atoms. The van der Waals surface area contributed by atoms with E-state index in [0.717, 1.165) is 0 Å². The molecule has 98 valence electrons. The second-order valence-electron chi connectivity index (χ2n) is 3.84. The molecule has 0 aliphatic carbocycles. The molecule has 2 N–H and O–H groups in total. The van der Waals surface area contributed by atoms with Gasteiger partial charge in [-0.1, -0.05) is 12.2 Å². The Morgan fingerprint density at radius 3 is 2.89 bits per heavy atom. The maximum atomic E-state index is 11.6. The van der Waals surface area contributed by atoms with Gasteiger partial charge in [-0.3, -0.25) is 4.79 Å². The van der Waals surface area contributed by atoms with Crippen LogP contribution in [0.5, 0.6) is 0 Å². The number of carbonyl (C=O) groups is 2. The van der Waals surface area contributed by atoms with Crippen LogP contribution >= 0.6 is 0 Å². The highest BCUT2D eigenvalue weighted by Crippen LogP contribution is 2.04. The topological polar surface area (TPSA) is 79.5 Å². The summed E-state index contributed by atoms with van der Waals surface area (Å²) in [5, 5.41) is 11.4. The van der Waals surface area contributed by atoms with Gasteiger partial charge < -0.3 is 14.8 Å². The van der Waals surface area contributed by atoms with Crippen LogP contribution in [0.15, 0.2) is 35.0 Å². The van der Waals surface area contributed by atoms with E-state index in [9.17, 15) is 9.59 Å². The lowest BCUT2D eigenvalue weighted by Crippen LogP contribution is -2.40. The highest BCUT2D eigenvalue weighted by molar-refractivity contribution is 5.83. The highest BCUT2D eigenvalue weighted by atomic mass is 16.4. The van der Waals surface area contributed by atoms with Crippen molar-refractivity contribution in [2.75, 3.05) is 0 Å². The van der Waals surface area contributed by atoms with E-state index < -0.39 is 12.0 Å². The summed E-state index contributed by atoms with van der Waals surface area (Å²) < 4.78 is 5.09. The first-order chi connectivity index (χ1) is 8.63. The van der Waals surface area contributed by atoms with E-state index in [-0.39, 0.29) is 12.3 Å². The van der Waals surface area contributed by atoms with Gasteiger partial charge in [0.25, 0.3) is 0 Å². The molecule has 1 heterocycles. The van der Waals surface area contributed by atoms with E-state index in [2.05, 4.69) is 5.32 Å². The predicted molar refractivity (Wildman–Crippen MR) is 66.0 cm³/mol. The second-order valence-corrected chi connectivity index (χ2v) is 3.84. The van der Waals surface area contributed by atoms with Crippen LogP contribution in [0.4, 0.5) is 0 Å². The van der Waals surface area contributed by atoms with Crippen molar-refractivity contribution in [3.05, 3.63) is 36.3 Å². The largest absolute Gasteiger partial charge is 0.480 e. The number of carbonyl (C=O) groups excluding carboxylic acids is 1. The molecule has 0 saturated heterocycles. The Morgan fingerprint density at radius 1 is 1.56 bits per heavy atom. The third-order valence-electron chi connectivity index (χ3n) is 2.42. The number of hydrogen-bond acceptors (Lipinski definition) is 3. The fraction of sp³-hybridized carbons (Fsp3) is 0.385. The molecule has 1 aromatic heterocycles. The van der Waals surface area contributed by atoms with Crippen LogP contribution in [0.25, 0.3) is 0 Å². The van der Waals surface area contributed by atoms with Crippen LogP contribution in [0, 0.1) is 0 Å². The van der Waals surface area contributed by atoms with Crippen molar-refractivity contribution in [2.45, 2.75) is 32.2 Å². The van der Waals surface area contributed by atoms with Gasteiger partial charge in [-0.2, -0.15) is 0 Å². The highest BCUT2D eigenvalue weighted by Gasteiger charge is 2.18. The SMILES string of the molecule is C/C=C/CC(NC(=O)CCc1ccco1)C(=O)O. The van der Waals surface area contributed by atoms with Crippen LogP contribution in [-0.2, 0) is 16.0 Å². The van der Waals surface area contributed by atoms with Gasteiger partial charge >= 0.3 is 5.97 Å². The Labute approximate surface area is 105 Å². The maximum Gasteiger partial charge on any atom is 0.326 e. The van der Waals surface area contributed by atoms with Crippen molar-refractivity contribution in [3.8, 4) is 0 Å². The monoisotopic (exact) mass is 251 g/mol. The van der Waals surface area contributed by atoms with Crippen LogP contribution in [0.1, 0.15) is 25.5 Å². The summed E-state index contributed by atoms with van der Waals surface area (Å²) in [7, 11) is 0. The summed E-state index contributed by atoms with van der Waals surface area (Å²) in [5.74, 6) is -0.603. The average Bonchev–Trinajstić information content (AvgIpc) is 2.84. The molecule has 0 aliphatic rings. The molecule has 0 spiro atoms. The Balaban J connectivity index is 2.38. The molecular weight excluding hydrogens is 234 g/mol. The molecule has 18 heavy (non-hydrogen) atoms. The zero-order valence-electron chi connectivity index (χ0n) is 10.3. The predicted octanol–water partition coefficient (Wildman–Crippen LogP) is 1.75. The average molecular weight is 251 g/mol. The quantitative estimate of drug-likeness (QED) is 0.723. The van der Waals surface area contributed by atoms with Crippen molar-refractivity contribution in [2.24, 2.45) is 0 Å². The van der Waals surface area contributed by atoms with Crippen molar-refractivity contribution in [3.63, 3.8) is 0 Å². The summed E-state index contributed by atoms with van der Waals surface area (Å²) in [6.45, 7) is 1.80. The number of aliphatic carboxylic acids is 1. The number of hydrogen-bond donors (Lipinski definition) is 2. The Morgan fingerprint density at radius 2 is 2.33 bits per heavy atom. The van der Waals surface area contributed by atoms with Crippen LogP contribution < -0.4 is 5.32 Å². The number of furan rings is 1. The number of nitrogens with one attached hydrogen (secondary N) is 1. The van der Waals surface area contributed by atoms with Crippen molar-refractivity contribution in [1.29, 1.82) is 0 Å². The van der Waals surface area contributed by atoms with Crippen LogP contribution in [0.2, 0.25) is 0 Å². The molecular formula is C13H17NO4. The second kappa shape index (κ2) is 7.32. The Kier molecular flexibility index (Phi) is 5.70. The first kappa shape index (κ1) is 14.0. The van der Waals surface area contributed by atoms with Gasteiger partial charge in [-0.25, -0.2) is 4.79 Å². The van der Waals surface area contributed by atoms with E-state index in [1.54, 1.807) is 37.5 Å². The van der Waals surface area contributed by atoms with E-state index in [1.807, 2.05) is 0 Å². The lowest BCUT2D eigenvalue weighted by atomic mass is 10.1. The normalized spacial score (nSPS) is 12.5. The number of rotatable bonds is 7. The third kappa shape index (κ3) is 4.86. The molecule has 1 atom stereocenters. The smallest absolute Gasteiger partial charge is 0.326 e. The van der Waals surface area contributed by atoms with Gasteiger partial charge in [0.15, 0.2) is 0 Å². The molecule has 5 heteroatoms. The number of carboxylic acids is 1. The van der Waals surface area contributed by atoms with E-state index >= 15 is 0 Å². The van der Waals surface area contributed by atoms with Gasteiger partial charge in [-0.15, -0.1) is 0 Å². The number of carboxylic acid groups (broad SMARTS) is 1. The number of amides is 1. The van der Waals surface area contributed by atoms with E-state index in [0.29, 0.717) is 18.6 Å². The third-order valence-corrected chi connectivity index (χ3v) is 2.42. The van der Waals surface area contributed by atoms with Crippen molar-refractivity contribution in [1.82, 2.24) is 5.32 Å². The zero-order valence-corrected chi connectivity index (χ0v) is 10.3. The van der Waals surface area contributed by atoms with Crippen molar-refractivity contribution >= 4 is 11.9 Å². The molecule has 0 aromatic carbocycles. The molecule has 1 unspecified atom stereocenters. The summed E-state index contributed by atoms with van der Waals surface area (Å²) in [4.78, 5) is 22.5. The fourth-order valence-electron chi connectivity index (χ4n) is 1.45. The fourth-order valence-corrected chi connectivity index (χ4v) is 1.45.